The van der Waals surface area contributed by atoms with Gasteiger partial charge in [0.15, 0.2) is 0 Å². The Hall–Kier alpha value is -2.21. The molecule has 0 amide bonds. The predicted molar refractivity (Wildman–Crippen MR) is 75.5 cm³/mol. The normalized spacial score (nSPS) is 16.2. The lowest BCUT2D eigenvalue weighted by Crippen LogP contribution is -2.29. The summed E-state index contributed by atoms with van der Waals surface area (Å²) in [6.07, 6.45) is 5.94. The second-order valence-corrected chi connectivity index (χ2v) is 4.94. The van der Waals surface area contributed by atoms with Crippen LogP contribution in [0.2, 0.25) is 0 Å². The Balaban J connectivity index is 1.90. The third-order valence-corrected chi connectivity index (χ3v) is 3.71. The number of nitro benzene ring substituents is 1. The van der Waals surface area contributed by atoms with Crippen LogP contribution in [0.4, 0.5) is 5.69 Å². The molecule has 1 aliphatic heterocycles. The van der Waals surface area contributed by atoms with Gasteiger partial charge >= 0.3 is 0 Å². The lowest BCUT2D eigenvalue weighted by molar-refractivity contribution is -0.384. The first-order valence-electron chi connectivity index (χ1n) is 6.74. The Kier molecular flexibility index (Phi) is 3.47. The number of aromatic nitrogens is 2. The molecule has 1 aliphatic rings. The molecule has 1 aromatic carbocycles. The zero-order valence-corrected chi connectivity index (χ0v) is 11.0. The standard InChI is InChI=1S/C14H16N4O2/c19-18(20)13-3-1-11(2-4-13)14-16-9-10-17(14)12-5-7-15-8-6-12/h1-4,9-10,12,15H,5-8H2. The number of benzene rings is 1. The van der Waals surface area contributed by atoms with Gasteiger partial charge in [0.2, 0.25) is 0 Å². The van der Waals surface area contributed by atoms with Crippen LogP contribution in [0.5, 0.6) is 0 Å². The zero-order chi connectivity index (χ0) is 13.9. The highest BCUT2D eigenvalue weighted by atomic mass is 16.6. The number of rotatable bonds is 3. The van der Waals surface area contributed by atoms with Crippen molar-refractivity contribution in [3.8, 4) is 11.4 Å². The molecule has 0 spiro atoms. The van der Waals surface area contributed by atoms with Gasteiger partial charge in [0.05, 0.1) is 4.92 Å². The van der Waals surface area contributed by atoms with Gasteiger partial charge in [0, 0.05) is 36.1 Å². The van der Waals surface area contributed by atoms with E-state index in [0.29, 0.717) is 6.04 Å². The number of non-ortho nitro benzene ring substituents is 1. The highest BCUT2D eigenvalue weighted by Crippen LogP contribution is 2.27. The highest BCUT2D eigenvalue weighted by molar-refractivity contribution is 5.58. The van der Waals surface area contributed by atoms with Crippen molar-refractivity contribution in [2.45, 2.75) is 18.9 Å². The SMILES string of the molecule is O=[N+]([O-])c1ccc(-c2nccn2C2CCNCC2)cc1. The quantitative estimate of drug-likeness (QED) is 0.687. The molecule has 0 bridgehead atoms. The first kappa shape index (κ1) is 12.8. The zero-order valence-electron chi connectivity index (χ0n) is 11.0. The maximum Gasteiger partial charge on any atom is 0.269 e. The van der Waals surface area contributed by atoms with Crippen LogP contribution in [0, 0.1) is 10.1 Å². The van der Waals surface area contributed by atoms with Crippen molar-refractivity contribution in [1.29, 1.82) is 0 Å². The maximum absolute atomic E-state index is 10.7. The van der Waals surface area contributed by atoms with Gasteiger partial charge in [-0.25, -0.2) is 4.98 Å². The first-order valence-corrected chi connectivity index (χ1v) is 6.74. The average molecular weight is 272 g/mol. The van der Waals surface area contributed by atoms with E-state index in [2.05, 4.69) is 14.9 Å². The summed E-state index contributed by atoms with van der Waals surface area (Å²) >= 11 is 0. The van der Waals surface area contributed by atoms with Gasteiger partial charge in [-0.05, 0) is 38.1 Å². The van der Waals surface area contributed by atoms with Crippen LogP contribution >= 0.6 is 0 Å². The van der Waals surface area contributed by atoms with Crippen molar-refractivity contribution in [2.24, 2.45) is 0 Å². The molecular weight excluding hydrogens is 256 g/mol. The van der Waals surface area contributed by atoms with Crippen LogP contribution in [0.1, 0.15) is 18.9 Å². The number of imidazole rings is 1. The molecule has 0 aliphatic carbocycles. The lowest BCUT2D eigenvalue weighted by atomic mass is 10.1. The lowest BCUT2D eigenvalue weighted by Gasteiger charge is -2.25. The topological polar surface area (TPSA) is 73.0 Å². The number of hydrogen-bond acceptors (Lipinski definition) is 4. The summed E-state index contributed by atoms with van der Waals surface area (Å²) in [4.78, 5) is 14.7. The van der Waals surface area contributed by atoms with Crippen LogP contribution in [0.15, 0.2) is 36.7 Å². The smallest absolute Gasteiger partial charge is 0.269 e. The van der Waals surface area contributed by atoms with E-state index in [-0.39, 0.29) is 10.6 Å². The van der Waals surface area contributed by atoms with Crippen LogP contribution < -0.4 is 5.32 Å². The minimum atomic E-state index is -0.386. The number of piperidine rings is 1. The van der Waals surface area contributed by atoms with Gasteiger partial charge in [-0.1, -0.05) is 0 Å². The number of nitrogens with one attached hydrogen (secondary N) is 1. The molecule has 0 unspecified atom stereocenters. The molecule has 0 atom stereocenters. The molecule has 2 aromatic rings. The van der Waals surface area contributed by atoms with Crippen molar-refractivity contribution >= 4 is 5.69 Å². The van der Waals surface area contributed by atoms with Gasteiger partial charge in [0.25, 0.3) is 5.69 Å². The summed E-state index contributed by atoms with van der Waals surface area (Å²) in [6.45, 7) is 2.03. The first-order chi connectivity index (χ1) is 9.75. The second kappa shape index (κ2) is 5.42. The molecule has 6 nitrogen and oxygen atoms in total. The van der Waals surface area contributed by atoms with E-state index in [1.54, 1.807) is 18.3 Å². The summed E-state index contributed by atoms with van der Waals surface area (Å²) in [5, 5.41) is 14.0. The van der Waals surface area contributed by atoms with E-state index < -0.39 is 0 Å². The summed E-state index contributed by atoms with van der Waals surface area (Å²) in [5.74, 6) is 0.881. The number of nitro groups is 1. The Morgan fingerprint density at radius 2 is 1.95 bits per heavy atom. The molecule has 0 radical (unpaired) electrons. The van der Waals surface area contributed by atoms with E-state index in [1.165, 1.54) is 12.1 Å². The Labute approximate surface area is 116 Å². The molecule has 1 fully saturated rings. The molecule has 1 N–H and O–H groups in total. The minimum Gasteiger partial charge on any atom is -0.328 e. The summed E-state index contributed by atoms with van der Waals surface area (Å²) < 4.78 is 2.18. The van der Waals surface area contributed by atoms with E-state index in [4.69, 9.17) is 0 Å². The summed E-state index contributed by atoms with van der Waals surface area (Å²) in [5.41, 5.74) is 1.02. The minimum absolute atomic E-state index is 0.105. The molecule has 1 aromatic heterocycles. The molecule has 20 heavy (non-hydrogen) atoms. The predicted octanol–water partition coefficient (Wildman–Crippen LogP) is 2.38. The number of nitrogens with zero attached hydrogens (tertiary/aromatic N) is 3. The van der Waals surface area contributed by atoms with E-state index in [0.717, 1.165) is 37.3 Å². The largest absolute Gasteiger partial charge is 0.328 e. The highest BCUT2D eigenvalue weighted by Gasteiger charge is 2.18. The van der Waals surface area contributed by atoms with Gasteiger partial charge in [-0.3, -0.25) is 10.1 Å². The molecule has 1 saturated heterocycles. The fourth-order valence-corrected chi connectivity index (χ4v) is 2.65. The van der Waals surface area contributed by atoms with Crippen LogP contribution in [0.3, 0.4) is 0 Å². The van der Waals surface area contributed by atoms with Crippen molar-refractivity contribution in [2.75, 3.05) is 13.1 Å². The Bertz CT molecular complexity index is 600. The van der Waals surface area contributed by atoms with Crippen molar-refractivity contribution < 1.29 is 4.92 Å². The Morgan fingerprint density at radius 1 is 1.25 bits per heavy atom. The van der Waals surface area contributed by atoms with Crippen molar-refractivity contribution in [3.63, 3.8) is 0 Å². The molecule has 104 valence electrons. The van der Waals surface area contributed by atoms with Crippen molar-refractivity contribution in [3.05, 3.63) is 46.8 Å². The molecule has 2 heterocycles. The third kappa shape index (κ3) is 2.42. The molecule has 0 saturated carbocycles. The van der Waals surface area contributed by atoms with E-state index in [1.807, 2.05) is 6.20 Å². The van der Waals surface area contributed by atoms with Gasteiger partial charge in [0.1, 0.15) is 5.82 Å². The van der Waals surface area contributed by atoms with Gasteiger partial charge in [-0.2, -0.15) is 0 Å². The molecule has 6 heteroatoms. The van der Waals surface area contributed by atoms with Crippen LogP contribution in [-0.2, 0) is 0 Å². The molecular formula is C14H16N4O2. The fourth-order valence-electron chi connectivity index (χ4n) is 2.65. The van der Waals surface area contributed by atoms with Crippen molar-refractivity contribution in [1.82, 2.24) is 14.9 Å². The van der Waals surface area contributed by atoms with Crippen LogP contribution in [0.25, 0.3) is 11.4 Å². The molecule has 3 rings (SSSR count). The van der Waals surface area contributed by atoms with E-state index in [9.17, 15) is 10.1 Å². The Morgan fingerprint density at radius 3 is 2.60 bits per heavy atom. The monoisotopic (exact) mass is 272 g/mol. The van der Waals surface area contributed by atoms with Gasteiger partial charge < -0.3 is 9.88 Å². The average Bonchev–Trinajstić information content (AvgIpc) is 2.97. The fraction of sp³-hybridized carbons (Fsp3) is 0.357. The summed E-state index contributed by atoms with van der Waals surface area (Å²) in [7, 11) is 0. The summed E-state index contributed by atoms with van der Waals surface area (Å²) in [6, 6.07) is 7.02. The number of hydrogen-bond donors (Lipinski definition) is 1. The maximum atomic E-state index is 10.7. The second-order valence-electron chi connectivity index (χ2n) is 4.94. The third-order valence-electron chi connectivity index (χ3n) is 3.71. The van der Waals surface area contributed by atoms with Gasteiger partial charge in [-0.15, -0.1) is 0 Å². The van der Waals surface area contributed by atoms with Crippen LogP contribution in [-0.4, -0.2) is 27.6 Å². The van der Waals surface area contributed by atoms with E-state index >= 15 is 0 Å².